The molecule has 21 heavy (non-hydrogen) atoms. The van der Waals surface area contributed by atoms with Gasteiger partial charge in [0.2, 0.25) is 0 Å². The quantitative estimate of drug-likeness (QED) is 0.714. The predicted molar refractivity (Wildman–Crippen MR) is 66.3 cm³/mol. The minimum Gasteiger partial charge on any atom is -0.459 e. The van der Waals surface area contributed by atoms with Gasteiger partial charge in [0.25, 0.3) is 0 Å². The molecule has 0 spiro atoms. The van der Waals surface area contributed by atoms with E-state index in [0.29, 0.717) is 0 Å². The molecule has 0 aromatic heterocycles. The number of hydrogen-bond acceptors (Lipinski definition) is 6. The van der Waals surface area contributed by atoms with Gasteiger partial charge in [-0.1, -0.05) is 6.07 Å². The zero-order chi connectivity index (χ0) is 15.2. The molecule has 4 atom stereocenters. The minimum atomic E-state index is -2.29. The zero-order valence-electron chi connectivity index (χ0n) is 11.1. The molecule has 6 nitrogen and oxygen atoms in total. The molecule has 1 fully saturated rings. The molecule has 3 rings (SSSR count). The molecule has 2 aliphatic heterocycles. The monoisotopic (exact) mass is 296 g/mol. The van der Waals surface area contributed by atoms with Crippen molar-refractivity contribution < 1.29 is 33.3 Å². The van der Waals surface area contributed by atoms with Crippen LogP contribution in [0.25, 0.3) is 0 Å². The van der Waals surface area contributed by atoms with Crippen LogP contribution in [0.5, 0.6) is 0 Å². The highest BCUT2D eigenvalue weighted by atomic mass is 19.1. The van der Waals surface area contributed by atoms with E-state index in [0.717, 1.165) is 6.92 Å². The molecule has 2 heterocycles. The summed E-state index contributed by atoms with van der Waals surface area (Å²) in [4.78, 5) is 23.9. The van der Waals surface area contributed by atoms with E-state index in [1.165, 1.54) is 24.3 Å². The summed E-state index contributed by atoms with van der Waals surface area (Å²) < 4.78 is 29.6. The van der Waals surface area contributed by atoms with Gasteiger partial charge in [0.05, 0.1) is 11.1 Å². The molecule has 1 saturated heterocycles. The third-order valence-corrected chi connectivity index (χ3v) is 3.63. The smallest absolute Gasteiger partial charge is 0.338 e. The predicted octanol–water partition coefficient (Wildman–Crippen LogP) is 0.828. The number of benzene rings is 1. The lowest BCUT2D eigenvalue weighted by molar-refractivity contribution is -0.144. The number of hydrogen-bond donors (Lipinski definition) is 1. The molecular weight excluding hydrogens is 283 g/mol. The maximum Gasteiger partial charge on any atom is 0.338 e. The largest absolute Gasteiger partial charge is 0.459 e. The number of aliphatic hydroxyl groups is 1. The van der Waals surface area contributed by atoms with Crippen LogP contribution in [0.3, 0.4) is 0 Å². The van der Waals surface area contributed by atoms with Crippen LogP contribution in [0, 0.1) is 0 Å². The highest BCUT2D eigenvalue weighted by molar-refractivity contribution is 5.95. The Morgan fingerprint density at radius 1 is 1.29 bits per heavy atom. The molecule has 2 bridgehead atoms. The van der Waals surface area contributed by atoms with E-state index in [4.69, 9.17) is 14.2 Å². The van der Waals surface area contributed by atoms with Gasteiger partial charge in [-0.3, -0.25) is 0 Å². The van der Waals surface area contributed by atoms with Gasteiger partial charge in [-0.15, -0.1) is 0 Å². The van der Waals surface area contributed by atoms with Crippen LogP contribution < -0.4 is 0 Å². The van der Waals surface area contributed by atoms with Crippen molar-refractivity contribution in [1.29, 1.82) is 0 Å². The third-order valence-electron chi connectivity index (χ3n) is 3.63. The standard InChI is InChI=1S/C14H13FO6/c1-14(15)10-9(20-13(14)18)6-19-11(16)7-3-2-4-8(5-7)12(17)21-10/h2-5,9-10,13,18H,6H2,1H3/t9-,10-,13?,14-/m1/s1. The number of esters is 2. The molecule has 0 amide bonds. The van der Waals surface area contributed by atoms with Gasteiger partial charge in [-0.2, -0.15) is 0 Å². The lowest BCUT2D eigenvalue weighted by Crippen LogP contribution is -2.45. The number of fused-ring (bicyclic) bond motifs is 3. The number of carbonyl (C=O) groups is 2. The Morgan fingerprint density at radius 2 is 1.95 bits per heavy atom. The fourth-order valence-corrected chi connectivity index (χ4v) is 2.39. The number of ether oxygens (including phenoxy) is 3. The summed E-state index contributed by atoms with van der Waals surface area (Å²) in [5, 5.41) is 9.58. The van der Waals surface area contributed by atoms with Crippen LogP contribution in [0.4, 0.5) is 4.39 Å². The fourth-order valence-electron chi connectivity index (χ4n) is 2.39. The molecule has 1 N–H and O–H groups in total. The molecule has 1 unspecified atom stereocenters. The van der Waals surface area contributed by atoms with Gasteiger partial charge in [0.15, 0.2) is 18.1 Å². The summed E-state index contributed by atoms with van der Waals surface area (Å²) in [7, 11) is 0. The first-order valence-corrected chi connectivity index (χ1v) is 6.40. The first kappa shape index (κ1) is 14.0. The zero-order valence-corrected chi connectivity index (χ0v) is 11.1. The molecule has 7 heteroatoms. The Labute approximate surface area is 119 Å². The van der Waals surface area contributed by atoms with Crippen LogP contribution in [-0.4, -0.2) is 47.8 Å². The molecule has 2 aliphatic rings. The van der Waals surface area contributed by atoms with Gasteiger partial charge in [0, 0.05) is 0 Å². The van der Waals surface area contributed by atoms with E-state index in [1.807, 2.05) is 0 Å². The minimum absolute atomic E-state index is 0.0993. The number of aliphatic hydroxyl groups excluding tert-OH is 1. The Balaban J connectivity index is 1.99. The van der Waals surface area contributed by atoms with Crippen molar-refractivity contribution in [3.05, 3.63) is 35.4 Å². The number of alkyl halides is 1. The van der Waals surface area contributed by atoms with Gasteiger partial charge < -0.3 is 19.3 Å². The summed E-state index contributed by atoms with van der Waals surface area (Å²) in [6.07, 6.45) is -4.19. The van der Waals surface area contributed by atoms with Gasteiger partial charge in [-0.05, 0) is 25.1 Å². The van der Waals surface area contributed by atoms with Crippen LogP contribution >= 0.6 is 0 Å². The van der Waals surface area contributed by atoms with Crippen LogP contribution in [-0.2, 0) is 14.2 Å². The van der Waals surface area contributed by atoms with Crippen molar-refractivity contribution in [1.82, 2.24) is 0 Å². The van der Waals surface area contributed by atoms with E-state index in [2.05, 4.69) is 0 Å². The Bertz CT molecular complexity index is 599. The van der Waals surface area contributed by atoms with Gasteiger partial charge >= 0.3 is 11.9 Å². The van der Waals surface area contributed by atoms with E-state index in [-0.39, 0.29) is 17.7 Å². The summed E-state index contributed by atoms with van der Waals surface area (Å²) >= 11 is 0. The van der Waals surface area contributed by atoms with Crippen molar-refractivity contribution in [3.8, 4) is 0 Å². The number of halogens is 1. The SMILES string of the molecule is C[C@]1(F)C(O)O[C@@H]2COC(=O)c3cccc(c3)C(=O)O[C@H]21. The van der Waals surface area contributed by atoms with Crippen molar-refractivity contribution in [3.63, 3.8) is 0 Å². The number of rotatable bonds is 0. The second kappa shape index (κ2) is 4.78. The Hall–Kier alpha value is -1.99. The van der Waals surface area contributed by atoms with Crippen LogP contribution in [0.15, 0.2) is 24.3 Å². The molecule has 112 valence electrons. The number of carbonyl (C=O) groups excluding carboxylic acids is 2. The maximum atomic E-state index is 14.4. The topological polar surface area (TPSA) is 82.1 Å². The molecule has 0 saturated carbocycles. The second-order valence-electron chi connectivity index (χ2n) is 5.18. The normalized spacial score (nSPS) is 35.7. The van der Waals surface area contributed by atoms with E-state index in [1.54, 1.807) is 0 Å². The van der Waals surface area contributed by atoms with E-state index < -0.39 is 36.1 Å². The summed E-state index contributed by atoms with van der Waals surface area (Å²) in [6, 6.07) is 5.74. The summed E-state index contributed by atoms with van der Waals surface area (Å²) in [5.41, 5.74) is -2.00. The highest BCUT2D eigenvalue weighted by Crippen LogP contribution is 2.36. The molecule has 0 radical (unpaired) electrons. The highest BCUT2D eigenvalue weighted by Gasteiger charge is 2.57. The first-order chi connectivity index (χ1) is 9.89. The Morgan fingerprint density at radius 3 is 2.67 bits per heavy atom. The molecule has 1 aromatic rings. The average molecular weight is 296 g/mol. The van der Waals surface area contributed by atoms with Crippen LogP contribution in [0.2, 0.25) is 0 Å². The van der Waals surface area contributed by atoms with E-state index in [9.17, 15) is 19.1 Å². The first-order valence-electron chi connectivity index (χ1n) is 6.40. The Kier molecular flexibility index (Phi) is 3.18. The van der Waals surface area contributed by atoms with Crippen LogP contribution in [0.1, 0.15) is 27.6 Å². The summed E-state index contributed by atoms with van der Waals surface area (Å²) in [5.74, 6) is -1.45. The molecule has 1 aromatic carbocycles. The number of cyclic esters (lactones) is 1. The summed E-state index contributed by atoms with van der Waals surface area (Å²) in [6.45, 7) is 0.747. The van der Waals surface area contributed by atoms with Crippen molar-refractivity contribution in [2.45, 2.75) is 31.1 Å². The lowest BCUT2D eigenvalue weighted by Gasteiger charge is -2.26. The van der Waals surface area contributed by atoms with Gasteiger partial charge in [-0.25, -0.2) is 14.0 Å². The van der Waals surface area contributed by atoms with Gasteiger partial charge in [0.1, 0.15) is 12.7 Å². The van der Waals surface area contributed by atoms with E-state index >= 15 is 0 Å². The molecular formula is C14H13FO6. The van der Waals surface area contributed by atoms with Crippen molar-refractivity contribution >= 4 is 11.9 Å². The fraction of sp³-hybridized carbons (Fsp3) is 0.429. The molecule has 0 aliphatic carbocycles. The maximum absolute atomic E-state index is 14.4. The lowest BCUT2D eigenvalue weighted by atomic mass is 9.99. The average Bonchev–Trinajstić information content (AvgIpc) is 2.67. The third kappa shape index (κ3) is 2.28. The van der Waals surface area contributed by atoms with Crippen molar-refractivity contribution in [2.75, 3.05) is 6.61 Å². The van der Waals surface area contributed by atoms with Crippen molar-refractivity contribution in [2.24, 2.45) is 0 Å². The second-order valence-corrected chi connectivity index (χ2v) is 5.18.